The van der Waals surface area contributed by atoms with Crippen LogP contribution in [0.15, 0.2) is 78.9 Å². The highest BCUT2D eigenvalue weighted by atomic mass is 32.2. The Labute approximate surface area is 170 Å². The predicted octanol–water partition coefficient (Wildman–Crippen LogP) is 6.21. The summed E-state index contributed by atoms with van der Waals surface area (Å²) in [5.41, 5.74) is 3.33. The number of hydrogen-bond acceptors (Lipinski definition) is 3. The van der Waals surface area contributed by atoms with E-state index in [2.05, 4.69) is 43.3 Å². The first-order chi connectivity index (χ1) is 13.7. The van der Waals surface area contributed by atoms with Crippen molar-refractivity contribution in [3.63, 3.8) is 0 Å². The summed E-state index contributed by atoms with van der Waals surface area (Å²) in [6.07, 6.45) is 0.992. The van der Waals surface area contributed by atoms with Gasteiger partial charge >= 0.3 is 0 Å². The van der Waals surface area contributed by atoms with Crippen LogP contribution in [0.4, 0.5) is 5.69 Å². The number of hydrogen-bond donors (Lipinski definition) is 0. The molecule has 3 aromatic rings. The van der Waals surface area contributed by atoms with Gasteiger partial charge in [-0.05, 0) is 60.9 Å². The van der Waals surface area contributed by atoms with Crippen molar-refractivity contribution in [3.05, 3.63) is 90.0 Å². The predicted molar refractivity (Wildman–Crippen MR) is 116 cm³/mol. The molecule has 1 heterocycles. The highest BCUT2D eigenvalue weighted by molar-refractivity contribution is 8.01. The number of amides is 1. The number of aryl methyl sites for hydroxylation is 1. The molecule has 0 aromatic heterocycles. The number of carbonyl (C=O) groups is 1. The standard InChI is InChI=1S/C24H23NO2S/c1-3-18-9-13-20(14-10-18)25-23(26)17(2)28-24(25)19-11-15-22(16-12-19)27-21-7-5-4-6-8-21/h4-17,24H,3H2,1-2H3. The third kappa shape index (κ3) is 3.78. The first kappa shape index (κ1) is 18.6. The number of benzene rings is 3. The van der Waals surface area contributed by atoms with E-state index in [4.69, 9.17) is 4.74 Å². The maximum absolute atomic E-state index is 12.8. The lowest BCUT2D eigenvalue weighted by Gasteiger charge is -2.24. The second-order valence-corrected chi connectivity index (χ2v) is 8.27. The van der Waals surface area contributed by atoms with Crippen molar-refractivity contribution in [2.45, 2.75) is 30.9 Å². The van der Waals surface area contributed by atoms with Gasteiger partial charge in [0.1, 0.15) is 16.9 Å². The Hall–Kier alpha value is -2.72. The molecule has 4 heteroatoms. The molecule has 1 fully saturated rings. The summed E-state index contributed by atoms with van der Waals surface area (Å²) < 4.78 is 5.89. The number of thioether (sulfide) groups is 1. The van der Waals surface area contributed by atoms with Crippen molar-refractivity contribution >= 4 is 23.4 Å². The number of para-hydroxylation sites is 1. The minimum absolute atomic E-state index is 0.0271. The average Bonchev–Trinajstić information content (AvgIpc) is 3.04. The summed E-state index contributed by atoms with van der Waals surface area (Å²) in [4.78, 5) is 14.8. The minimum atomic E-state index is -0.0592. The lowest BCUT2D eigenvalue weighted by molar-refractivity contribution is -0.117. The van der Waals surface area contributed by atoms with Crippen LogP contribution in [-0.4, -0.2) is 11.2 Å². The quantitative estimate of drug-likeness (QED) is 0.520. The van der Waals surface area contributed by atoms with Crippen molar-refractivity contribution in [3.8, 4) is 11.5 Å². The van der Waals surface area contributed by atoms with Gasteiger partial charge in [0.15, 0.2) is 0 Å². The van der Waals surface area contributed by atoms with Crippen LogP contribution in [0.5, 0.6) is 11.5 Å². The SMILES string of the molecule is CCc1ccc(N2C(=O)C(C)SC2c2ccc(Oc3ccccc3)cc2)cc1. The fourth-order valence-electron chi connectivity index (χ4n) is 3.33. The van der Waals surface area contributed by atoms with Gasteiger partial charge in [-0.3, -0.25) is 9.69 Å². The number of rotatable bonds is 5. The van der Waals surface area contributed by atoms with Gasteiger partial charge in [-0.2, -0.15) is 0 Å². The highest BCUT2D eigenvalue weighted by Gasteiger charge is 2.39. The highest BCUT2D eigenvalue weighted by Crippen LogP contribution is 2.45. The van der Waals surface area contributed by atoms with E-state index in [0.29, 0.717) is 0 Å². The normalized spacial score (nSPS) is 19.1. The molecule has 4 rings (SSSR count). The molecule has 1 aliphatic heterocycles. The van der Waals surface area contributed by atoms with E-state index in [-0.39, 0.29) is 16.5 Å². The molecule has 0 N–H and O–H groups in total. The Morgan fingerprint density at radius 2 is 1.54 bits per heavy atom. The van der Waals surface area contributed by atoms with Gasteiger partial charge < -0.3 is 4.74 Å². The number of nitrogens with zero attached hydrogens (tertiary/aromatic N) is 1. The molecule has 0 saturated carbocycles. The van der Waals surface area contributed by atoms with Crippen molar-refractivity contribution in [2.75, 3.05) is 4.90 Å². The summed E-state index contributed by atoms with van der Waals surface area (Å²) in [5.74, 6) is 1.76. The second kappa shape index (κ2) is 8.11. The maximum atomic E-state index is 12.8. The van der Waals surface area contributed by atoms with Crippen molar-refractivity contribution in [1.29, 1.82) is 0 Å². The minimum Gasteiger partial charge on any atom is -0.457 e. The lowest BCUT2D eigenvalue weighted by atomic mass is 10.1. The molecule has 28 heavy (non-hydrogen) atoms. The van der Waals surface area contributed by atoms with Gasteiger partial charge in [-0.15, -0.1) is 11.8 Å². The Balaban J connectivity index is 1.58. The summed E-state index contributed by atoms with van der Waals surface area (Å²) in [5, 5.41) is -0.0863. The van der Waals surface area contributed by atoms with Gasteiger partial charge in [0, 0.05) is 5.69 Å². The monoisotopic (exact) mass is 389 g/mol. The van der Waals surface area contributed by atoms with E-state index < -0.39 is 0 Å². The maximum Gasteiger partial charge on any atom is 0.241 e. The molecule has 2 unspecified atom stereocenters. The van der Waals surface area contributed by atoms with E-state index in [1.54, 1.807) is 11.8 Å². The molecule has 0 bridgehead atoms. The molecular weight excluding hydrogens is 366 g/mol. The van der Waals surface area contributed by atoms with Crippen LogP contribution in [-0.2, 0) is 11.2 Å². The number of ether oxygens (including phenoxy) is 1. The van der Waals surface area contributed by atoms with Crippen LogP contribution in [0.25, 0.3) is 0 Å². The van der Waals surface area contributed by atoms with Gasteiger partial charge in [0.05, 0.1) is 5.25 Å². The number of carbonyl (C=O) groups excluding carboxylic acids is 1. The Bertz CT molecular complexity index is 939. The zero-order valence-electron chi connectivity index (χ0n) is 16.0. The van der Waals surface area contributed by atoms with Crippen molar-refractivity contribution in [2.24, 2.45) is 0 Å². The molecule has 2 atom stereocenters. The Morgan fingerprint density at radius 1 is 0.893 bits per heavy atom. The second-order valence-electron chi connectivity index (χ2n) is 6.84. The fourth-order valence-corrected chi connectivity index (χ4v) is 4.61. The largest absolute Gasteiger partial charge is 0.457 e. The molecule has 0 spiro atoms. The number of anilines is 1. The van der Waals surface area contributed by atoms with E-state index in [0.717, 1.165) is 29.2 Å². The summed E-state index contributed by atoms with van der Waals surface area (Å²) >= 11 is 1.69. The van der Waals surface area contributed by atoms with E-state index >= 15 is 0 Å². The molecule has 3 aromatic carbocycles. The van der Waals surface area contributed by atoms with E-state index in [9.17, 15) is 4.79 Å². The summed E-state index contributed by atoms with van der Waals surface area (Å²) in [7, 11) is 0. The zero-order valence-corrected chi connectivity index (χ0v) is 16.9. The van der Waals surface area contributed by atoms with E-state index in [1.165, 1.54) is 5.56 Å². The summed E-state index contributed by atoms with van der Waals surface area (Å²) in [6.45, 7) is 4.11. The van der Waals surface area contributed by atoms with Crippen LogP contribution in [0.2, 0.25) is 0 Å². The third-order valence-electron chi connectivity index (χ3n) is 4.92. The first-order valence-corrected chi connectivity index (χ1v) is 10.5. The third-order valence-corrected chi connectivity index (χ3v) is 6.27. The van der Waals surface area contributed by atoms with Gasteiger partial charge in [-0.25, -0.2) is 0 Å². The molecule has 1 aliphatic rings. The van der Waals surface area contributed by atoms with Crippen LogP contribution >= 0.6 is 11.8 Å². The van der Waals surface area contributed by atoms with Crippen LogP contribution in [0.3, 0.4) is 0 Å². The Morgan fingerprint density at radius 3 is 2.18 bits per heavy atom. The molecular formula is C24H23NO2S. The summed E-state index contributed by atoms with van der Waals surface area (Å²) in [6, 6.07) is 26.1. The van der Waals surface area contributed by atoms with Crippen LogP contribution in [0.1, 0.15) is 30.3 Å². The van der Waals surface area contributed by atoms with Crippen molar-refractivity contribution < 1.29 is 9.53 Å². The topological polar surface area (TPSA) is 29.5 Å². The lowest BCUT2D eigenvalue weighted by Crippen LogP contribution is -2.30. The van der Waals surface area contributed by atoms with Crippen LogP contribution in [0, 0.1) is 0 Å². The van der Waals surface area contributed by atoms with Gasteiger partial charge in [-0.1, -0.05) is 49.4 Å². The molecule has 3 nitrogen and oxygen atoms in total. The Kier molecular flexibility index (Phi) is 5.40. The molecule has 1 saturated heterocycles. The molecule has 0 radical (unpaired) electrons. The van der Waals surface area contributed by atoms with E-state index in [1.807, 2.05) is 54.3 Å². The van der Waals surface area contributed by atoms with Crippen molar-refractivity contribution in [1.82, 2.24) is 0 Å². The fraction of sp³-hybridized carbons (Fsp3) is 0.208. The molecule has 142 valence electrons. The first-order valence-electron chi connectivity index (χ1n) is 9.56. The zero-order chi connectivity index (χ0) is 19.5. The van der Waals surface area contributed by atoms with Crippen LogP contribution < -0.4 is 9.64 Å². The van der Waals surface area contributed by atoms with Gasteiger partial charge in [0.25, 0.3) is 0 Å². The smallest absolute Gasteiger partial charge is 0.241 e. The molecule has 1 amide bonds. The van der Waals surface area contributed by atoms with Gasteiger partial charge in [0.2, 0.25) is 5.91 Å². The molecule has 0 aliphatic carbocycles. The average molecular weight is 390 g/mol.